The monoisotopic (exact) mass is 293 g/mol. The van der Waals surface area contributed by atoms with Gasteiger partial charge in [-0.3, -0.25) is 19.9 Å². The largest absolute Gasteiger partial charge is 0.506 e. The Labute approximate surface area is 118 Å². The van der Waals surface area contributed by atoms with E-state index >= 15 is 0 Å². The average Bonchev–Trinajstić information content (AvgIpc) is 2.85. The second-order valence-corrected chi connectivity index (χ2v) is 4.64. The smallest absolute Gasteiger partial charge is 0.311 e. The summed E-state index contributed by atoms with van der Waals surface area (Å²) in [7, 11) is 1.30. The Morgan fingerprint density at radius 3 is 2.95 bits per heavy atom. The number of aromatic nitrogens is 2. The third-order valence-corrected chi connectivity index (χ3v) is 3.12. The number of pyridine rings is 1. The second kappa shape index (κ2) is 6.11. The number of hydrogen-bond donors (Lipinski definition) is 2. The maximum atomic E-state index is 11.9. The van der Waals surface area contributed by atoms with Gasteiger partial charge in [0, 0.05) is 11.6 Å². The molecule has 20 heavy (non-hydrogen) atoms. The first-order valence-electron chi connectivity index (χ1n) is 5.55. The van der Waals surface area contributed by atoms with Crippen molar-refractivity contribution in [2.75, 3.05) is 12.4 Å². The van der Waals surface area contributed by atoms with Gasteiger partial charge >= 0.3 is 5.97 Å². The van der Waals surface area contributed by atoms with Crippen LogP contribution in [0.2, 0.25) is 0 Å². The number of nitrogens with one attached hydrogen (secondary N) is 1. The summed E-state index contributed by atoms with van der Waals surface area (Å²) >= 11 is 1.20. The number of amides is 1. The van der Waals surface area contributed by atoms with Crippen LogP contribution in [0.25, 0.3) is 0 Å². The van der Waals surface area contributed by atoms with Crippen LogP contribution in [-0.4, -0.2) is 34.1 Å². The molecular formula is C12H11N3O4S. The first-order chi connectivity index (χ1) is 9.58. The maximum absolute atomic E-state index is 11.9. The van der Waals surface area contributed by atoms with Gasteiger partial charge < -0.3 is 9.84 Å². The van der Waals surface area contributed by atoms with Gasteiger partial charge in [-0.2, -0.15) is 0 Å². The molecule has 0 aromatic carbocycles. The van der Waals surface area contributed by atoms with E-state index in [4.69, 9.17) is 0 Å². The SMILES string of the molecule is COC(=O)Cc1csc(NC(=O)c2cncc(O)c2)n1. The lowest BCUT2D eigenvalue weighted by Gasteiger charge is -2.01. The molecule has 2 aromatic heterocycles. The van der Waals surface area contributed by atoms with E-state index in [1.54, 1.807) is 5.38 Å². The molecule has 1 amide bonds. The lowest BCUT2D eigenvalue weighted by Crippen LogP contribution is -2.12. The van der Waals surface area contributed by atoms with Gasteiger partial charge in [-0.15, -0.1) is 11.3 Å². The van der Waals surface area contributed by atoms with Crippen molar-refractivity contribution < 1.29 is 19.4 Å². The zero-order valence-electron chi connectivity index (χ0n) is 10.5. The quantitative estimate of drug-likeness (QED) is 0.822. The van der Waals surface area contributed by atoms with Crippen LogP contribution in [0.3, 0.4) is 0 Å². The Morgan fingerprint density at radius 1 is 1.45 bits per heavy atom. The molecule has 2 heterocycles. The number of hydrogen-bond acceptors (Lipinski definition) is 7. The molecule has 0 saturated heterocycles. The third-order valence-electron chi connectivity index (χ3n) is 2.31. The number of rotatable bonds is 4. The van der Waals surface area contributed by atoms with Crippen molar-refractivity contribution in [2.24, 2.45) is 0 Å². The summed E-state index contributed by atoms with van der Waals surface area (Å²) in [5, 5.41) is 13.8. The number of carbonyl (C=O) groups excluding carboxylic acids is 2. The molecule has 0 bridgehead atoms. The second-order valence-electron chi connectivity index (χ2n) is 3.78. The summed E-state index contributed by atoms with van der Waals surface area (Å²) in [6.45, 7) is 0. The topological polar surface area (TPSA) is 101 Å². The van der Waals surface area contributed by atoms with Crippen LogP contribution in [0.5, 0.6) is 5.75 Å². The van der Waals surface area contributed by atoms with Crippen molar-refractivity contribution in [3.63, 3.8) is 0 Å². The predicted octanol–water partition coefficient (Wildman–Crippen LogP) is 1.21. The highest BCUT2D eigenvalue weighted by molar-refractivity contribution is 7.14. The molecule has 2 aromatic rings. The number of anilines is 1. The van der Waals surface area contributed by atoms with Crippen LogP contribution in [0.4, 0.5) is 5.13 Å². The molecule has 8 heteroatoms. The van der Waals surface area contributed by atoms with Crippen molar-refractivity contribution in [1.82, 2.24) is 9.97 Å². The first kappa shape index (κ1) is 13.9. The standard InChI is InChI=1S/C12H11N3O4S/c1-19-10(17)3-8-6-20-12(14-8)15-11(18)7-2-9(16)5-13-4-7/h2,4-6,16H,3H2,1H3,(H,14,15,18). The van der Waals surface area contributed by atoms with Gasteiger partial charge in [0.1, 0.15) is 5.75 Å². The summed E-state index contributed by atoms with van der Waals surface area (Å²) in [6.07, 6.45) is 2.61. The minimum absolute atomic E-state index is 0.0521. The van der Waals surface area contributed by atoms with Gasteiger partial charge in [0.15, 0.2) is 5.13 Å². The molecule has 104 valence electrons. The number of carbonyl (C=O) groups is 2. The Bertz CT molecular complexity index is 641. The van der Waals surface area contributed by atoms with Crippen LogP contribution >= 0.6 is 11.3 Å². The fourth-order valence-electron chi connectivity index (χ4n) is 1.39. The number of thiazole rings is 1. The van der Waals surface area contributed by atoms with Crippen molar-refractivity contribution >= 4 is 28.3 Å². The fraction of sp³-hybridized carbons (Fsp3) is 0.167. The van der Waals surface area contributed by atoms with Crippen molar-refractivity contribution in [1.29, 1.82) is 0 Å². The minimum Gasteiger partial charge on any atom is -0.506 e. The summed E-state index contributed by atoms with van der Waals surface area (Å²) in [6, 6.07) is 1.30. The highest BCUT2D eigenvalue weighted by Crippen LogP contribution is 2.17. The lowest BCUT2D eigenvalue weighted by atomic mass is 10.2. The van der Waals surface area contributed by atoms with E-state index in [2.05, 4.69) is 20.0 Å². The molecule has 0 aliphatic rings. The summed E-state index contributed by atoms with van der Waals surface area (Å²) in [5.74, 6) is -0.930. The minimum atomic E-state index is -0.438. The lowest BCUT2D eigenvalue weighted by molar-refractivity contribution is -0.139. The molecule has 0 saturated carbocycles. The van der Waals surface area contributed by atoms with E-state index in [1.165, 1.54) is 36.9 Å². The van der Waals surface area contributed by atoms with E-state index in [-0.39, 0.29) is 17.7 Å². The van der Waals surface area contributed by atoms with Gasteiger partial charge in [0.05, 0.1) is 31.0 Å². The highest BCUT2D eigenvalue weighted by atomic mass is 32.1. The summed E-state index contributed by atoms with van der Waals surface area (Å²) in [5.41, 5.74) is 0.737. The van der Waals surface area contributed by atoms with Crippen LogP contribution < -0.4 is 5.32 Å². The molecule has 2 rings (SSSR count). The van der Waals surface area contributed by atoms with Gasteiger partial charge in [-0.25, -0.2) is 4.98 Å². The van der Waals surface area contributed by atoms with Gasteiger partial charge in [-0.1, -0.05) is 0 Å². The molecule has 2 N–H and O–H groups in total. The Hall–Kier alpha value is -2.48. The van der Waals surface area contributed by atoms with Gasteiger partial charge in [0.2, 0.25) is 0 Å². The van der Waals surface area contributed by atoms with Gasteiger partial charge in [0.25, 0.3) is 5.91 Å². The zero-order chi connectivity index (χ0) is 14.5. The molecule has 0 spiro atoms. The van der Waals surface area contributed by atoms with Crippen molar-refractivity contribution in [3.05, 3.63) is 35.1 Å². The van der Waals surface area contributed by atoms with Crippen LogP contribution in [0.15, 0.2) is 23.8 Å². The molecule has 0 aliphatic heterocycles. The Kier molecular flexibility index (Phi) is 4.26. The first-order valence-corrected chi connectivity index (χ1v) is 6.43. The maximum Gasteiger partial charge on any atom is 0.311 e. The number of aromatic hydroxyl groups is 1. The highest BCUT2D eigenvalue weighted by Gasteiger charge is 2.12. The molecule has 0 fully saturated rings. The van der Waals surface area contributed by atoms with E-state index in [1.807, 2.05) is 0 Å². The van der Waals surface area contributed by atoms with Crippen molar-refractivity contribution in [3.8, 4) is 5.75 Å². The van der Waals surface area contributed by atoms with Crippen LogP contribution in [0, 0.1) is 0 Å². The average molecular weight is 293 g/mol. The number of methoxy groups -OCH3 is 1. The number of esters is 1. The number of nitrogens with zero attached hydrogens (tertiary/aromatic N) is 2. The van der Waals surface area contributed by atoms with E-state index in [0.717, 1.165) is 0 Å². The zero-order valence-corrected chi connectivity index (χ0v) is 11.3. The predicted molar refractivity (Wildman–Crippen MR) is 71.7 cm³/mol. The molecule has 7 nitrogen and oxygen atoms in total. The normalized spacial score (nSPS) is 10.1. The van der Waals surface area contributed by atoms with Crippen LogP contribution in [-0.2, 0) is 16.0 Å². The summed E-state index contributed by atoms with van der Waals surface area (Å²) < 4.78 is 4.53. The van der Waals surface area contributed by atoms with E-state index in [9.17, 15) is 14.7 Å². The van der Waals surface area contributed by atoms with Crippen LogP contribution in [0.1, 0.15) is 16.1 Å². The molecule has 0 radical (unpaired) electrons. The molecule has 0 unspecified atom stereocenters. The fourth-order valence-corrected chi connectivity index (χ4v) is 2.09. The Morgan fingerprint density at radius 2 is 2.25 bits per heavy atom. The molecule has 0 atom stereocenters. The third kappa shape index (κ3) is 3.51. The molecule has 0 aliphatic carbocycles. The van der Waals surface area contributed by atoms with Crippen molar-refractivity contribution in [2.45, 2.75) is 6.42 Å². The summed E-state index contributed by atoms with van der Waals surface area (Å²) in [4.78, 5) is 30.8. The van der Waals surface area contributed by atoms with Gasteiger partial charge in [-0.05, 0) is 6.07 Å². The van der Waals surface area contributed by atoms with E-state index in [0.29, 0.717) is 10.8 Å². The number of ether oxygens (including phenoxy) is 1. The Balaban J connectivity index is 2.03. The molecular weight excluding hydrogens is 282 g/mol. The van der Waals surface area contributed by atoms with E-state index < -0.39 is 11.9 Å².